The lowest BCUT2D eigenvalue weighted by Crippen LogP contribution is -2.37. The molecule has 8 heteroatoms. The van der Waals surface area contributed by atoms with Crippen LogP contribution in [0.2, 0.25) is 5.02 Å². The maximum Gasteiger partial charge on any atom is 0.240 e. The predicted octanol–water partition coefficient (Wildman–Crippen LogP) is 5.21. The van der Waals surface area contributed by atoms with E-state index in [1.165, 1.54) is 0 Å². The van der Waals surface area contributed by atoms with E-state index in [4.69, 9.17) is 16.3 Å². The smallest absolute Gasteiger partial charge is 0.240 e. The zero-order chi connectivity index (χ0) is 25.6. The highest BCUT2D eigenvalue weighted by Gasteiger charge is 2.31. The molecule has 7 nitrogen and oxygen atoms in total. The molecule has 3 aromatic carbocycles. The molecule has 1 aliphatic rings. The molecule has 1 fully saturated rings. The SMILES string of the molecule is N#Cc1ccc(Cc2ncc(CN[C@@H]3CCN(Cc4cccc(Cl)c4)C3=O)[nH]2)cc1Oc1ccccc1. The van der Waals surface area contributed by atoms with Gasteiger partial charge in [0.25, 0.3) is 0 Å². The molecule has 186 valence electrons. The van der Waals surface area contributed by atoms with Gasteiger partial charge in [0.1, 0.15) is 23.4 Å². The number of likely N-dealkylation sites (tertiary alicyclic amines) is 1. The highest BCUT2D eigenvalue weighted by atomic mass is 35.5. The Morgan fingerprint density at radius 3 is 2.78 bits per heavy atom. The van der Waals surface area contributed by atoms with Crippen LogP contribution in [0, 0.1) is 11.3 Å². The van der Waals surface area contributed by atoms with E-state index in [1.807, 2.05) is 71.6 Å². The predicted molar refractivity (Wildman–Crippen MR) is 141 cm³/mol. The van der Waals surface area contributed by atoms with Gasteiger partial charge < -0.3 is 19.9 Å². The van der Waals surface area contributed by atoms with E-state index in [0.29, 0.717) is 48.1 Å². The van der Waals surface area contributed by atoms with Crippen molar-refractivity contribution in [1.82, 2.24) is 20.2 Å². The fraction of sp³-hybridized carbons (Fsp3) is 0.207. The van der Waals surface area contributed by atoms with E-state index in [1.54, 1.807) is 12.3 Å². The van der Waals surface area contributed by atoms with Crippen molar-refractivity contribution in [3.63, 3.8) is 0 Å². The third kappa shape index (κ3) is 6.18. The second-order valence-corrected chi connectivity index (χ2v) is 9.44. The van der Waals surface area contributed by atoms with Crippen LogP contribution < -0.4 is 10.1 Å². The van der Waals surface area contributed by atoms with Crippen LogP contribution in [0.25, 0.3) is 0 Å². The third-order valence-corrected chi connectivity index (χ3v) is 6.52. The molecule has 1 atom stereocenters. The summed E-state index contributed by atoms with van der Waals surface area (Å²) in [7, 11) is 0. The number of halogens is 1. The minimum atomic E-state index is -0.220. The van der Waals surface area contributed by atoms with Gasteiger partial charge in [-0.2, -0.15) is 5.26 Å². The molecule has 2 heterocycles. The first-order valence-corrected chi connectivity index (χ1v) is 12.5. The summed E-state index contributed by atoms with van der Waals surface area (Å²) >= 11 is 6.08. The molecule has 2 N–H and O–H groups in total. The average molecular weight is 512 g/mol. The summed E-state index contributed by atoms with van der Waals surface area (Å²) < 4.78 is 5.94. The second kappa shape index (κ2) is 11.3. The van der Waals surface area contributed by atoms with E-state index in [2.05, 4.69) is 21.4 Å². The highest BCUT2D eigenvalue weighted by molar-refractivity contribution is 6.30. The molecule has 37 heavy (non-hydrogen) atoms. The number of carbonyl (C=O) groups is 1. The van der Waals surface area contributed by atoms with Crippen molar-refractivity contribution in [2.45, 2.75) is 32.0 Å². The first-order valence-electron chi connectivity index (χ1n) is 12.1. The first kappa shape index (κ1) is 24.6. The Kier molecular flexibility index (Phi) is 7.50. The van der Waals surface area contributed by atoms with Gasteiger partial charge in [-0.3, -0.25) is 4.79 Å². The summed E-state index contributed by atoms with van der Waals surface area (Å²) in [6.45, 7) is 1.79. The summed E-state index contributed by atoms with van der Waals surface area (Å²) in [4.78, 5) is 22.5. The molecule has 0 spiro atoms. The van der Waals surface area contributed by atoms with Gasteiger partial charge in [0.2, 0.25) is 5.91 Å². The van der Waals surface area contributed by atoms with E-state index in [-0.39, 0.29) is 11.9 Å². The fourth-order valence-electron chi connectivity index (χ4n) is 4.42. The first-order chi connectivity index (χ1) is 18.1. The number of benzene rings is 3. The van der Waals surface area contributed by atoms with Crippen LogP contribution in [0.3, 0.4) is 0 Å². The molecular weight excluding hydrogens is 486 g/mol. The lowest BCUT2D eigenvalue weighted by molar-refractivity contribution is -0.129. The average Bonchev–Trinajstić information content (AvgIpc) is 3.49. The number of imidazole rings is 1. The Balaban J connectivity index is 1.17. The van der Waals surface area contributed by atoms with E-state index in [0.717, 1.165) is 29.1 Å². The number of H-pyrrole nitrogens is 1. The Labute approximate surface area is 220 Å². The summed E-state index contributed by atoms with van der Waals surface area (Å²) in [5.41, 5.74) is 3.38. The van der Waals surface area contributed by atoms with E-state index >= 15 is 0 Å². The highest BCUT2D eigenvalue weighted by Crippen LogP contribution is 2.27. The third-order valence-electron chi connectivity index (χ3n) is 6.29. The van der Waals surface area contributed by atoms with E-state index in [9.17, 15) is 10.1 Å². The van der Waals surface area contributed by atoms with Gasteiger partial charge in [-0.25, -0.2) is 4.98 Å². The number of nitrogens with one attached hydrogen (secondary N) is 2. The number of nitrogens with zero attached hydrogens (tertiary/aromatic N) is 3. The van der Waals surface area contributed by atoms with E-state index < -0.39 is 0 Å². The standard InChI is InChI=1S/C29H26ClN5O2/c30-23-6-4-5-21(13-23)19-35-12-11-26(29(35)36)32-17-24-18-33-28(34-24)15-20-9-10-22(16-31)27(14-20)37-25-7-2-1-3-8-25/h1-10,13-14,18,26,32H,11-12,15,17,19H2,(H,33,34)/t26-/m1/s1. The molecule has 0 radical (unpaired) electrons. The largest absolute Gasteiger partial charge is 0.456 e. The van der Waals surface area contributed by atoms with Gasteiger partial charge >= 0.3 is 0 Å². The molecule has 0 saturated carbocycles. The molecule has 4 aromatic rings. The van der Waals surface area contributed by atoms with Crippen molar-refractivity contribution in [2.24, 2.45) is 0 Å². The number of nitriles is 1. The number of amides is 1. The minimum Gasteiger partial charge on any atom is -0.456 e. The van der Waals surface area contributed by atoms with Crippen LogP contribution in [-0.2, 0) is 24.3 Å². The van der Waals surface area contributed by atoms with Crippen LogP contribution >= 0.6 is 11.6 Å². The number of para-hydroxylation sites is 1. The fourth-order valence-corrected chi connectivity index (χ4v) is 4.63. The summed E-state index contributed by atoms with van der Waals surface area (Å²) in [5.74, 6) is 2.09. The molecule has 1 aromatic heterocycles. The molecular formula is C29H26ClN5O2. The van der Waals surface area contributed by atoms with Gasteiger partial charge in [-0.05, 0) is 53.9 Å². The molecule has 1 saturated heterocycles. The Morgan fingerprint density at radius 2 is 1.97 bits per heavy atom. The van der Waals surface area contributed by atoms with Crippen LogP contribution in [0.15, 0.2) is 79.0 Å². The Hall–Kier alpha value is -4.12. The monoisotopic (exact) mass is 511 g/mol. The van der Waals surface area contributed by atoms with Crippen molar-refractivity contribution in [3.8, 4) is 17.6 Å². The van der Waals surface area contributed by atoms with Crippen LogP contribution in [-0.4, -0.2) is 33.4 Å². The molecule has 0 unspecified atom stereocenters. The van der Waals surface area contributed by atoms with Crippen LogP contribution in [0.5, 0.6) is 11.5 Å². The van der Waals surface area contributed by atoms with Gasteiger partial charge in [0.05, 0.1) is 11.6 Å². The normalized spacial score (nSPS) is 15.1. The quantitative estimate of drug-likeness (QED) is 0.322. The Morgan fingerprint density at radius 1 is 1.11 bits per heavy atom. The number of aromatic amines is 1. The number of hydrogen-bond acceptors (Lipinski definition) is 5. The van der Waals surface area contributed by atoms with Crippen molar-refractivity contribution in [2.75, 3.05) is 6.54 Å². The molecule has 0 aliphatic carbocycles. The molecule has 0 bridgehead atoms. The second-order valence-electron chi connectivity index (χ2n) is 9.00. The molecule has 1 aliphatic heterocycles. The minimum absolute atomic E-state index is 0.100. The summed E-state index contributed by atoms with van der Waals surface area (Å²) in [6, 6.07) is 24.5. The van der Waals surface area contributed by atoms with Crippen molar-refractivity contribution in [3.05, 3.63) is 112 Å². The van der Waals surface area contributed by atoms with Crippen molar-refractivity contribution < 1.29 is 9.53 Å². The maximum absolute atomic E-state index is 12.8. The van der Waals surface area contributed by atoms with Gasteiger partial charge in [-0.15, -0.1) is 0 Å². The van der Waals surface area contributed by atoms with Crippen molar-refractivity contribution in [1.29, 1.82) is 5.26 Å². The number of carbonyl (C=O) groups excluding carboxylic acids is 1. The number of aromatic nitrogens is 2. The van der Waals surface area contributed by atoms with Crippen molar-refractivity contribution >= 4 is 17.5 Å². The van der Waals surface area contributed by atoms with Gasteiger partial charge in [0, 0.05) is 43.0 Å². The topological polar surface area (TPSA) is 94.0 Å². The van der Waals surface area contributed by atoms with Crippen LogP contribution in [0.4, 0.5) is 0 Å². The maximum atomic E-state index is 12.8. The number of ether oxygens (including phenoxy) is 1. The number of rotatable bonds is 9. The zero-order valence-corrected chi connectivity index (χ0v) is 20.9. The lowest BCUT2D eigenvalue weighted by Gasteiger charge is -2.17. The summed E-state index contributed by atoms with van der Waals surface area (Å²) in [6.07, 6.45) is 3.11. The molecule has 5 rings (SSSR count). The molecule has 1 amide bonds. The zero-order valence-electron chi connectivity index (χ0n) is 20.2. The summed E-state index contributed by atoms with van der Waals surface area (Å²) in [5, 5.41) is 13.5. The van der Waals surface area contributed by atoms with Gasteiger partial charge in [-0.1, -0.05) is 48.0 Å². The lowest BCUT2D eigenvalue weighted by atomic mass is 10.1. The van der Waals surface area contributed by atoms with Gasteiger partial charge in [0.15, 0.2) is 0 Å². The van der Waals surface area contributed by atoms with Crippen LogP contribution in [0.1, 0.15) is 34.6 Å². The number of hydrogen-bond donors (Lipinski definition) is 2. The Bertz CT molecular complexity index is 1430.